The zero-order valence-corrected chi connectivity index (χ0v) is 11.9. The third-order valence-electron chi connectivity index (χ3n) is 2.47. The van der Waals surface area contributed by atoms with Crippen molar-refractivity contribution in [1.82, 2.24) is 5.32 Å². The predicted molar refractivity (Wildman–Crippen MR) is 75.6 cm³/mol. The first-order valence-corrected chi connectivity index (χ1v) is 6.74. The van der Waals surface area contributed by atoms with Crippen LogP contribution in [0, 0.1) is 5.92 Å². The molecule has 4 nitrogen and oxygen atoms in total. The predicted octanol–water partition coefficient (Wildman–Crippen LogP) is 2.49. The van der Waals surface area contributed by atoms with Crippen LogP contribution in [0.3, 0.4) is 0 Å². The lowest BCUT2D eigenvalue weighted by molar-refractivity contribution is 0.0508. The Balaban J connectivity index is 2.29. The number of nitrogens with one attached hydrogen (secondary N) is 1. The molecule has 0 aliphatic carbocycles. The summed E-state index contributed by atoms with van der Waals surface area (Å²) in [5, 5.41) is 3.22. The fourth-order valence-corrected chi connectivity index (χ4v) is 1.54. The lowest BCUT2D eigenvalue weighted by Crippen LogP contribution is -2.25. The molecule has 1 aromatic rings. The quantitative estimate of drug-likeness (QED) is 0.579. The Kier molecular flexibility index (Phi) is 6.97. The van der Waals surface area contributed by atoms with Crippen LogP contribution in [-0.2, 0) is 4.74 Å². The average Bonchev–Trinajstić information content (AvgIpc) is 2.39. The zero-order chi connectivity index (χ0) is 14.1. The van der Waals surface area contributed by atoms with Crippen molar-refractivity contribution < 1.29 is 14.3 Å². The summed E-state index contributed by atoms with van der Waals surface area (Å²) in [6.45, 7) is 8.82. The van der Waals surface area contributed by atoms with Crippen LogP contribution in [0.5, 0.6) is 5.75 Å². The van der Waals surface area contributed by atoms with E-state index in [2.05, 4.69) is 19.2 Å². The summed E-state index contributed by atoms with van der Waals surface area (Å²) < 4.78 is 10.5. The van der Waals surface area contributed by atoms with Crippen molar-refractivity contribution in [3.63, 3.8) is 0 Å². The second kappa shape index (κ2) is 8.53. The Morgan fingerprint density at radius 2 is 1.95 bits per heavy atom. The van der Waals surface area contributed by atoms with E-state index < -0.39 is 0 Å². The molecule has 106 valence electrons. The first kappa shape index (κ1) is 15.5. The Bertz CT molecular complexity index is 373. The summed E-state index contributed by atoms with van der Waals surface area (Å²) in [4.78, 5) is 11.7. The number of carbonyl (C=O) groups excluding carboxylic acids is 1. The summed E-state index contributed by atoms with van der Waals surface area (Å²) in [5.74, 6) is 1.06. The Morgan fingerprint density at radius 1 is 1.26 bits per heavy atom. The molecule has 0 unspecified atom stereocenters. The van der Waals surface area contributed by atoms with Gasteiger partial charge in [0, 0.05) is 6.54 Å². The molecule has 0 aliphatic heterocycles. The van der Waals surface area contributed by atoms with Crippen LogP contribution < -0.4 is 10.1 Å². The molecule has 0 spiro atoms. The smallest absolute Gasteiger partial charge is 0.338 e. The molecule has 0 atom stereocenters. The van der Waals surface area contributed by atoms with Crippen molar-refractivity contribution >= 4 is 5.97 Å². The van der Waals surface area contributed by atoms with Gasteiger partial charge in [0.15, 0.2) is 0 Å². The van der Waals surface area contributed by atoms with Gasteiger partial charge in [0.05, 0.1) is 12.2 Å². The van der Waals surface area contributed by atoms with Crippen LogP contribution in [0.2, 0.25) is 0 Å². The number of carbonyl (C=O) groups is 1. The minimum atomic E-state index is -0.297. The van der Waals surface area contributed by atoms with Crippen LogP contribution in [0.4, 0.5) is 0 Å². The number of rotatable bonds is 8. The molecule has 1 aromatic carbocycles. The van der Waals surface area contributed by atoms with E-state index in [1.807, 2.05) is 6.92 Å². The maximum absolute atomic E-state index is 11.7. The van der Waals surface area contributed by atoms with E-state index in [0.29, 0.717) is 31.2 Å². The molecule has 0 saturated heterocycles. The number of hydrogen-bond acceptors (Lipinski definition) is 4. The van der Waals surface area contributed by atoms with Gasteiger partial charge in [0.1, 0.15) is 12.4 Å². The minimum Gasteiger partial charge on any atom is -0.494 e. The van der Waals surface area contributed by atoms with Gasteiger partial charge >= 0.3 is 5.97 Å². The van der Waals surface area contributed by atoms with Crippen LogP contribution in [0.15, 0.2) is 24.3 Å². The minimum absolute atomic E-state index is 0.297. The molecule has 0 heterocycles. The Morgan fingerprint density at radius 3 is 2.53 bits per heavy atom. The van der Waals surface area contributed by atoms with Crippen LogP contribution in [0.1, 0.15) is 31.1 Å². The van der Waals surface area contributed by atoms with Crippen LogP contribution in [0.25, 0.3) is 0 Å². The first-order valence-electron chi connectivity index (χ1n) is 6.74. The molecular formula is C15H23NO3. The van der Waals surface area contributed by atoms with E-state index in [-0.39, 0.29) is 5.97 Å². The molecule has 0 radical (unpaired) electrons. The largest absolute Gasteiger partial charge is 0.494 e. The summed E-state index contributed by atoms with van der Waals surface area (Å²) in [7, 11) is 0. The molecule has 1 rings (SSSR count). The lowest BCUT2D eigenvalue weighted by atomic mass is 10.2. The monoisotopic (exact) mass is 265 g/mol. The van der Waals surface area contributed by atoms with Gasteiger partial charge in [-0.3, -0.25) is 0 Å². The van der Waals surface area contributed by atoms with Crippen molar-refractivity contribution in [1.29, 1.82) is 0 Å². The number of esters is 1. The van der Waals surface area contributed by atoms with E-state index in [9.17, 15) is 4.79 Å². The van der Waals surface area contributed by atoms with Crippen LogP contribution >= 0.6 is 0 Å². The maximum atomic E-state index is 11.7. The molecule has 0 aliphatic rings. The van der Waals surface area contributed by atoms with Gasteiger partial charge in [-0.1, -0.05) is 13.8 Å². The molecule has 19 heavy (non-hydrogen) atoms. The van der Waals surface area contributed by atoms with Crippen molar-refractivity contribution in [3.8, 4) is 5.75 Å². The van der Waals surface area contributed by atoms with Gasteiger partial charge in [0.25, 0.3) is 0 Å². The van der Waals surface area contributed by atoms with Gasteiger partial charge in [-0.15, -0.1) is 0 Å². The van der Waals surface area contributed by atoms with Gasteiger partial charge in [-0.25, -0.2) is 4.79 Å². The fourth-order valence-electron chi connectivity index (χ4n) is 1.54. The summed E-state index contributed by atoms with van der Waals surface area (Å²) >= 11 is 0. The standard InChI is InChI=1S/C15H23NO3/c1-4-18-14-7-5-13(6-8-14)15(17)19-10-9-16-11-12(2)3/h5-8,12,16H,4,9-11H2,1-3H3. The van der Waals surface area contributed by atoms with E-state index in [1.54, 1.807) is 24.3 Å². The molecule has 4 heteroatoms. The third kappa shape index (κ3) is 6.25. The molecular weight excluding hydrogens is 242 g/mol. The molecule has 0 bridgehead atoms. The number of benzene rings is 1. The van der Waals surface area contributed by atoms with Gasteiger partial charge in [0.2, 0.25) is 0 Å². The highest BCUT2D eigenvalue weighted by Crippen LogP contribution is 2.12. The Hall–Kier alpha value is -1.55. The lowest BCUT2D eigenvalue weighted by Gasteiger charge is -2.08. The number of ether oxygens (including phenoxy) is 2. The molecule has 1 N–H and O–H groups in total. The average molecular weight is 265 g/mol. The van der Waals surface area contributed by atoms with Crippen molar-refractivity contribution in [3.05, 3.63) is 29.8 Å². The van der Waals surface area contributed by atoms with E-state index in [1.165, 1.54) is 0 Å². The van der Waals surface area contributed by atoms with Gasteiger partial charge < -0.3 is 14.8 Å². The van der Waals surface area contributed by atoms with Crippen molar-refractivity contribution in [2.24, 2.45) is 5.92 Å². The normalized spacial score (nSPS) is 10.5. The highest BCUT2D eigenvalue weighted by molar-refractivity contribution is 5.89. The summed E-state index contributed by atoms with van der Waals surface area (Å²) in [6, 6.07) is 6.98. The van der Waals surface area contributed by atoms with E-state index in [4.69, 9.17) is 9.47 Å². The first-order chi connectivity index (χ1) is 9.13. The zero-order valence-electron chi connectivity index (χ0n) is 11.9. The summed E-state index contributed by atoms with van der Waals surface area (Å²) in [5.41, 5.74) is 0.548. The highest BCUT2D eigenvalue weighted by Gasteiger charge is 2.06. The fraction of sp³-hybridized carbons (Fsp3) is 0.533. The van der Waals surface area contributed by atoms with Crippen LogP contribution in [-0.4, -0.2) is 32.3 Å². The van der Waals surface area contributed by atoms with Gasteiger partial charge in [-0.05, 0) is 43.7 Å². The molecule has 0 fully saturated rings. The van der Waals surface area contributed by atoms with Crippen molar-refractivity contribution in [2.45, 2.75) is 20.8 Å². The number of hydrogen-bond donors (Lipinski definition) is 1. The van der Waals surface area contributed by atoms with E-state index in [0.717, 1.165) is 12.3 Å². The molecule has 0 saturated carbocycles. The van der Waals surface area contributed by atoms with E-state index >= 15 is 0 Å². The molecule has 0 aromatic heterocycles. The second-order valence-corrected chi connectivity index (χ2v) is 4.69. The SMILES string of the molecule is CCOc1ccc(C(=O)OCCNCC(C)C)cc1. The molecule has 0 amide bonds. The Labute approximate surface area is 115 Å². The second-order valence-electron chi connectivity index (χ2n) is 4.69. The maximum Gasteiger partial charge on any atom is 0.338 e. The van der Waals surface area contributed by atoms with Crippen molar-refractivity contribution in [2.75, 3.05) is 26.3 Å². The third-order valence-corrected chi connectivity index (χ3v) is 2.47. The van der Waals surface area contributed by atoms with Gasteiger partial charge in [-0.2, -0.15) is 0 Å². The highest BCUT2D eigenvalue weighted by atomic mass is 16.5. The topological polar surface area (TPSA) is 47.6 Å². The summed E-state index contributed by atoms with van der Waals surface area (Å²) in [6.07, 6.45) is 0.